The van der Waals surface area contributed by atoms with Gasteiger partial charge in [0.05, 0.1) is 24.5 Å². The van der Waals surface area contributed by atoms with Gasteiger partial charge >= 0.3 is 17.9 Å². The number of hydrogen-bond donors (Lipinski definition) is 1. The second-order valence-electron chi connectivity index (χ2n) is 8.93. The number of aliphatic carboxylic acids is 1. The number of carboxylic acid groups (broad SMARTS) is 1. The molecule has 31 heavy (non-hydrogen) atoms. The van der Waals surface area contributed by atoms with Gasteiger partial charge in [0.15, 0.2) is 0 Å². The Hall–Kier alpha value is -1.59. The number of hydrogen-bond acceptors (Lipinski definition) is 5. The van der Waals surface area contributed by atoms with Crippen LogP contribution in [0.5, 0.6) is 0 Å². The molecule has 0 aromatic carbocycles. The second-order valence-corrected chi connectivity index (χ2v) is 8.93. The predicted molar refractivity (Wildman–Crippen MR) is 125 cm³/mol. The highest BCUT2D eigenvalue weighted by atomic mass is 16.5. The van der Waals surface area contributed by atoms with Gasteiger partial charge in [-0.15, -0.1) is 0 Å². The molecule has 0 saturated heterocycles. The van der Waals surface area contributed by atoms with Crippen molar-refractivity contribution in [2.24, 2.45) is 17.3 Å². The molecule has 0 rings (SSSR count). The maximum Gasteiger partial charge on any atom is 0.311 e. The van der Waals surface area contributed by atoms with Crippen molar-refractivity contribution in [2.45, 2.75) is 113 Å². The largest absolute Gasteiger partial charge is 0.481 e. The van der Waals surface area contributed by atoms with Gasteiger partial charge in [-0.2, -0.15) is 0 Å². The summed E-state index contributed by atoms with van der Waals surface area (Å²) < 4.78 is 10.4. The van der Waals surface area contributed by atoms with E-state index in [1.165, 1.54) is 19.3 Å². The van der Waals surface area contributed by atoms with Gasteiger partial charge in [0, 0.05) is 6.42 Å². The van der Waals surface area contributed by atoms with Crippen molar-refractivity contribution in [1.82, 2.24) is 0 Å². The first-order valence-corrected chi connectivity index (χ1v) is 12.1. The van der Waals surface area contributed by atoms with Gasteiger partial charge in [-0.1, -0.05) is 53.9 Å². The minimum absolute atomic E-state index is 0.0379. The molecular formula is C25H48O6. The van der Waals surface area contributed by atoms with E-state index in [0.29, 0.717) is 25.6 Å². The maximum atomic E-state index is 11.8. The van der Waals surface area contributed by atoms with E-state index in [2.05, 4.69) is 13.8 Å². The molecule has 0 aromatic rings. The fourth-order valence-electron chi connectivity index (χ4n) is 2.47. The van der Waals surface area contributed by atoms with Crippen molar-refractivity contribution >= 4 is 17.9 Å². The van der Waals surface area contributed by atoms with Crippen LogP contribution in [0.1, 0.15) is 113 Å². The van der Waals surface area contributed by atoms with Crippen LogP contribution in [0.25, 0.3) is 0 Å². The smallest absolute Gasteiger partial charge is 0.311 e. The van der Waals surface area contributed by atoms with Crippen molar-refractivity contribution in [1.29, 1.82) is 0 Å². The average molecular weight is 445 g/mol. The van der Waals surface area contributed by atoms with Crippen molar-refractivity contribution < 1.29 is 29.0 Å². The van der Waals surface area contributed by atoms with E-state index < -0.39 is 5.97 Å². The summed E-state index contributed by atoms with van der Waals surface area (Å²) in [6.45, 7) is 15.1. The first-order chi connectivity index (χ1) is 14.5. The van der Waals surface area contributed by atoms with Gasteiger partial charge in [0.25, 0.3) is 0 Å². The van der Waals surface area contributed by atoms with Gasteiger partial charge in [-0.3, -0.25) is 14.4 Å². The Morgan fingerprint density at radius 1 is 0.903 bits per heavy atom. The molecule has 0 spiro atoms. The monoisotopic (exact) mass is 444 g/mol. The molecule has 0 fully saturated rings. The molecule has 2 atom stereocenters. The SMILES string of the molecule is CCC(C)C(=O)OCCCCCC(=O)O.CCCCC(CC)COC(=O)C(C)(C)CC. The van der Waals surface area contributed by atoms with E-state index in [4.69, 9.17) is 14.6 Å². The zero-order valence-electron chi connectivity index (χ0n) is 21.1. The highest BCUT2D eigenvalue weighted by Crippen LogP contribution is 2.22. The lowest BCUT2D eigenvalue weighted by Gasteiger charge is -2.22. The van der Waals surface area contributed by atoms with Crippen LogP contribution in [0.15, 0.2) is 0 Å². The molecule has 0 saturated carbocycles. The highest BCUT2D eigenvalue weighted by molar-refractivity contribution is 5.75. The standard InChI is InChI=1S/C14H28O2.C11H20O4/c1-6-9-10-12(7-2)11-16-13(15)14(4,5)8-3;1-3-9(2)11(14)15-8-6-4-5-7-10(12)13/h12H,6-11H2,1-5H3;9H,3-8H2,1-2H3,(H,12,13). The number of esters is 2. The summed E-state index contributed by atoms with van der Waals surface area (Å²) in [7, 11) is 0. The molecule has 184 valence electrons. The number of ether oxygens (including phenoxy) is 2. The lowest BCUT2D eigenvalue weighted by molar-refractivity contribution is -0.155. The summed E-state index contributed by atoms with van der Waals surface area (Å²) in [6, 6.07) is 0. The maximum absolute atomic E-state index is 11.8. The first-order valence-electron chi connectivity index (χ1n) is 12.1. The predicted octanol–water partition coefficient (Wildman–Crippen LogP) is 6.40. The molecule has 0 heterocycles. The number of carboxylic acids is 1. The second kappa shape index (κ2) is 19.1. The average Bonchev–Trinajstić information content (AvgIpc) is 2.75. The van der Waals surface area contributed by atoms with Crippen LogP contribution in [0.3, 0.4) is 0 Å². The Bertz CT molecular complexity index is 486. The minimum Gasteiger partial charge on any atom is -0.481 e. The molecule has 6 heteroatoms. The fourth-order valence-corrected chi connectivity index (χ4v) is 2.47. The third-order valence-electron chi connectivity index (χ3n) is 5.72. The van der Waals surface area contributed by atoms with Crippen molar-refractivity contribution in [3.63, 3.8) is 0 Å². The van der Waals surface area contributed by atoms with Crippen molar-refractivity contribution in [3.05, 3.63) is 0 Å². The van der Waals surface area contributed by atoms with Crippen LogP contribution >= 0.6 is 0 Å². The van der Waals surface area contributed by atoms with E-state index in [9.17, 15) is 14.4 Å². The molecule has 0 amide bonds. The Morgan fingerprint density at radius 3 is 2.03 bits per heavy atom. The number of carbonyl (C=O) groups is 3. The van der Waals surface area contributed by atoms with Gasteiger partial charge in [-0.05, 0) is 58.3 Å². The lowest BCUT2D eigenvalue weighted by Crippen LogP contribution is -2.27. The molecule has 0 bridgehead atoms. The number of carbonyl (C=O) groups excluding carboxylic acids is 2. The highest BCUT2D eigenvalue weighted by Gasteiger charge is 2.27. The summed E-state index contributed by atoms with van der Waals surface area (Å²) in [4.78, 5) is 33.1. The Balaban J connectivity index is 0. The van der Waals surface area contributed by atoms with Crippen molar-refractivity contribution in [2.75, 3.05) is 13.2 Å². The third-order valence-corrected chi connectivity index (χ3v) is 5.72. The molecule has 0 aliphatic rings. The molecule has 0 aliphatic heterocycles. The van der Waals surface area contributed by atoms with E-state index in [-0.39, 0.29) is 29.7 Å². The van der Waals surface area contributed by atoms with Crippen LogP contribution in [0, 0.1) is 17.3 Å². The third kappa shape index (κ3) is 17.8. The van der Waals surface area contributed by atoms with Gasteiger partial charge < -0.3 is 14.6 Å². The molecule has 6 nitrogen and oxygen atoms in total. The normalized spacial score (nSPS) is 12.9. The summed E-state index contributed by atoms with van der Waals surface area (Å²) in [6.07, 6.45) is 8.71. The van der Waals surface area contributed by atoms with Gasteiger partial charge in [0.2, 0.25) is 0 Å². The van der Waals surface area contributed by atoms with Crippen LogP contribution in [0.2, 0.25) is 0 Å². The molecule has 2 unspecified atom stereocenters. The van der Waals surface area contributed by atoms with E-state index >= 15 is 0 Å². The van der Waals surface area contributed by atoms with Gasteiger partial charge in [-0.25, -0.2) is 0 Å². The van der Waals surface area contributed by atoms with Crippen LogP contribution in [-0.2, 0) is 23.9 Å². The summed E-state index contributed by atoms with van der Waals surface area (Å²) in [5, 5.41) is 8.38. The summed E-state index contributed by atoms with van der Waals surface area (Å²) >= 11 is 0. The first kappa shape index (κ1) is 31.6. The van der Waals surface area contributed by atoms with E-state index in [1.807, 2.05) is 34.6 Å². The van der Waals surface area contributed by atoms with E-state index in [0.717, 1.165) is 32.1 Å². The Kier molecular flexibility index (Phi) is 19.5. The summed E-state index contributed by atoms with van der Waals surface area (Å²) in [5.74, 6) is -0.479. The summed E-state index contributed by atoms with van der Waals surface area (Å²) in [5.41, 5.74) is -0.330. The van der Waals surface area contributed by atoms with E-state index in [1.54, 1.807) is 0 Å². The zero-order chi connectivity index (χ0) is 24.3. The van der Waals surface area contributed by atoms with Crippen LogP contribution in [-0.4, -0.2) is 36.2 Å². The molecule has 0 aliphatic carbocycles. The molecule has 0 aromatic heterocycles. The topological polar surface area (TPSA) is 89.9 Å². The number of unbranched alkanes of at least 4 members (excludes halogenated alkanes) is 3. The van der Waals surface area contributed by atoms with Crippen LogP contribution < -0.4 is 0 Å². The molecule has 0 radical (unpaired) electrons. The molecule has 1 N–H and O–H groups in total. The quantitative estimate of drug-likeness (QED) is 0.219. The Labute approximate surface area is 190 Å². The van der Waals surface area contributed by atoms with Crippen molar-refractivity contribution in [3.8, 4) is 0 Å². The minimum atomic E-state index is -0.772. The van der Waals surface area contributed by atoms with Crippen LogP contribution in [0.4, 0.5) is 0 Å². The fraction of sp³-hybridized carbons (Fsp3) is 0.880. The Morgan fingerprint density at radius 2 is 1.55 bits per heavy atom. The lowest BCUT2D eigenvalue weighted by atomic mass is 9.90. The zero-order valence-corrected chi connectivity index (χ0v) is 21.1. The number of rotatable bonds is 16. The molecular weight excluding hydrogens is 396 g/mol. The van der Waals surface area contributed by atoms with Gasteiger partial charge in [0.1, 0.15) is 0 Å².